The number of anilines is 1. The number of nitrogens with one attached hydrogen (secondary N) is 1. The Morgan fingerprint density at radius 3 is 2.90 bits per heavy atom. The third-order valence-corrected chi connectivity index (χ3v) is 3.82. The Kier molecular flexibility index (Phi) is 3.74. The maximum atomic E-state index is 12.1. The minimum absolute atomic E-state index is 0.207. The van der Waals surface area contributed by atoms with Crippen molar-refractivity contribution in [2.75, 3.05) is 5.32 Å². The first kappa shape index (κ1) is 13.2. The maximum Gasteiger partial charge on any atom is 0.329 e. The van der Waals surface area contributed by atoms with Gasteiger partial charge in [0.2, 0.25) is 0 Å². The van der Waals surface area contributed by atoms with Gasteiger partial charge in [-0.2, -0.15) is 0 Å². The highest BCUT2D eigenvalue weighted by atomic mass is 79.9. The summed E-state index contributed by atoms with van der Waals surface area (Å²) in [7, 11) is 0. The SMILES string of the molecule is O=C(OCc1cccc(Br)c1)[C@@H]1Cc2ccccc2N1. The number of para-hydroxylation sites is 1. The predicted octanol–water partition coefficient (Wildman–Crippen LogP) is 3.53. The van der Waals surface area contributed by atoms with Crippen LogP contribution in [-0.2, 0) is 22.6 Å². The van der Waals surface area contributed by atoms with E-state index in [0.29, 0.717) is 13.0 Å². The highest BCUT2D eigenvalue weighted by Gasteiger charge is 2.27. The Labute approximate surface area is 126 Å². The summed E-state index contributed by atoms with van der Waals surface area (Å²) in [6, 6.07) is 15.4. The lowest BCUT2D eigenvalue weighted by atomic mass is 10.1. The number of ether oxygens (including phenoxy) is 1. The predicted molar refractivity (Wildman–Crippen MR) is 81.5 cm³/mol. The van der Waals surface area contributed by atoms with Gasteiger partial charge >= 0.3 is 5.97 Å². The number of esters is 1. The van der Waals surface area contributed by atoms with Crippen molar-refractivity contribution >= 4 is 27.6 Å². The van der Waals surface area contributed by atoms with Crippen molar-refractivity contribution < 1.29 is 9.53 Å². The molecule has 102 valence electrons. The second-order valence-electron chi connectivity index (χ2n) is 4.80. The number of carbonyl (C=O) groups is 1. The summed E-state index contributed by atoms with van der Waals surface area (Å²) in [6.07, 6.45) is 0.688. The number of hydrogen-bond acceptors (Lipinski definition) is 3. The lowest BCUT2D eigenvalue weighted by molar-refractivity contribution is -0.145. The van der Waals surface area contributed by atoms with Crippen LogP contribution in [0.2, 0.25) is 0 Å². The molecule has 2 aromatic carbocycles. The van der Waals surface area contributed by atoms with Crippen LogP contribution in [0.25, 0.3) is 0 Å². The van der Waals surface area contributed by atoms with Crippen molar-refractivity contribution in [3.63, 3.8) is 0 Å². The minimum Gasteiger partial charge on any atom is -0.459 e. The highest BCUT2D eigenvalue weighted by molar-refractivity contribution is 9.10. The largest absolute Gasteiger partial charge is 0.459 e. The monoisotopic (exact) mass is 331 g/mol. The van der Waals surface area contributed by atoms with Crippen LogP contribution in [0.3, 0.4) is 0 Å². The molecule has 3 rings (SSSR count). The molecule has 0 spiro atoms. The summed E-state index contributed by atoms with van der Waals surface area (Å²) < 4.78 is 6.36. The van der Waals surface area contributed by atoms with Crippen LogP contribution in [-0.4, -0.2) is 12.0 Å². The molecular formula is C16H14BrNO2. The van der Waals surface area contributed by atoms with Gasteiger partial charge in [0.25, 0.3) is 0 Å². The topological polar surface area (TPSA) is 38.3 Å². The molecule has 0 aromatic heterocycles. The second kappa shape index (κ2) is 5.67. The van der Waals surface area contributed by atoms with E-state index in [9.17, 15) is 4.79 Å². The molecule has 0 radical (unpaired) electrons. The zero-order chi connectivity index (χ0) is 13.9. The van der Waals surface area contributed by atoms with Gasteiger partial charge in [0, 0.05) is 16.6 Å². The lowest BCUT2D eigenvalue weighted by Crippen LogP contribution is -2.28. The quantitative estimate of drug-likeness (QED) is 0.874. The summed E-state index contributed by atoms with van der Waals surface area (Å²) in [5.74, 6) is -0.207. The average molecular weight is 332 g/mol. The molecule has 0 saturated heterocycles. The average Bonchev–Trinajstić information content (AvgIpc) is 2.89. The van der Waals surface area contributed by atoms with E-state index < -0.39 is 0 Å². The highest BCUT2D eigenvalue weighted by Crippen LogP contribution is 2.25. The zero-order valence-electron chi connectivity index (χ0n) is 10.8. The van der Waals surface area contributed by atoms with Gasteiger partial charge in [-0.15, -0.1) is 0 Å². The molecule has 0 amide bonds. The molecule has 0 aliphatic carbocycles. The third-order valence-electron chi connectivity index (χ3n) is 3.33. The van der Waals surface area contributed by atoms with Crippen LogP contribution in [0.5, 0.6) is 0 Å². The fraction of sp³-hybridized carbons (Fsp3) is 0.188. The lowest BCUT2D eigenvalue weighted by Gasteiger charge is -2.11. The Hall–Kier alpha value is -1.81. The van der Waals surface area contributed by atoms with Crippen LogP contribution >= 0.6 is 15.9 Å². The van der Waals surface area contributed by atoms with Gasteiger partial charge in [0.15, 0.2) is 0 Å². The molecule has 1 aliphatic rings. The molecule has 20 heavy (non-hydrogen) atoms. The molecule has 1 aliphatic heterocycles. The first-order valence-corrected chi connectivity index (χ1v) is 7.27. The van der Waals surface area contributed by atoms with E-state index in [0.717, 1.165) is 21.3 Å². The van der Waals surface area contributed by atoms with E-state index in [1.54, 1.807) is 0 Å². The normalized spacial score (nSPS) is 16.4. The van der Waals surface area contributed by atoms with Crippen LogP contribution in [0.1, 0.15) is 11.1 Å². The van der Waals surface area contributed by atoms with Crippen molar-refractivity contribution in [1.29, 1.82) is 0 Å². The molecule has 4 heteroatoms. The number of benzene rings is 2. The standard InChI is InChI=1S/C16H14BrNO2/c17-13-6-3-4-11(8-13)10-20-16(19)15-9-12-5-1-2-7-14(12)18-15/h1-8,15,18H,9-10H2/t15-/m0/s1. The van der Waals surface area contributed by atoms with Gasteiger partial charge in [0.1, 0.15) is 12.6 Å². The zero-order valence-corrected chi connectivity index (χ0v) is 12.4. The Morgan fingerprint density at radius 1 is 1.25 bits per heavy atom. The van der Waals surface area contributed by atoms with E-state index in [4.69, 9.17) is 4.74 Å². The van der Waals surface area contributed by atoms with E-state index in [-0.39, 0.29) is 12.0 Å². The van der Waals surface area contributed by atoms with Crippen LogP contribution in [0.4, 0.5) is 5.69 Å². The van der Waals surface area contributed by atoms with Gasteiger partial charge in [-0.25, -0.2) is 4.79 Å². The summed E-state index contributed by atoms with van der Waals surface area (Å²) in [5.41, 5.74) is 3.16. The van der Waals surface area contributed by atoms with E-state index >= 15 is 0 Å². The molecule has 3 nitrogen and oxygen atoms in total. The van der Waals surface area contributed by atoms with Crippen molar-refractivity contribution in [3.05, 3.63) is 64.1 Å². The molecule has 0 saturated carbocycles. The van der Waals surface area contributed by atoms with Crippen LogP contribution in [0.15, 0.2) is 53.0 Å². The van der Waals surface area contributed by atoms with E-state index in [1.165, 1.54) is 0 Å². The van der Waals surface area contributed by atoms with Crippen molar-refractivity contribution in [1.82, 2.24) is 0 Å². The van der Waals surface area contributed by atoms with Gasteiger partial charge in [0.05, 0.1) is 0 Å². The third kappa shape index (κ3) is 2.85. The van der Waals surface area contributed by atoms with Crippen molar-refractivity contribution in [2.24, 2.45) is 0 Å². The van der Waals surface area contributed by atoms with Crippen molar-refractivity contribution in [3.8, 4) is 0 Å². The number of fused-ring (bicyclic) bond motifs is 1. The maximum absolute atomic E-state index is 12.1. The smallest absolute Gasteiger partial charge is 0.329 e. The Morgan fingerprint density at radius 2 is 2.10 bits per heavy atom. The van der Waals surface area contributed by atoms with Gasteiger partial charge in [-0.3, -0.25) is 0 Å². The molecule has 2 aromatic rings. The molecule has 1 heterocycles. The molecule has 0 fully saturated rings. The Bertz CT molecular complexity index is 617. The van der Waals surface area contributed by atoms with Crippen molar-refractivity contribution in [2.45, 2.75) is 19.1 Å². The summed E-state index contributed by atoms with van der Waals surface area (Å²) in [4.78, 5) is 12.1. The van der Waals surface area contributed by atoms with E-state index in [1.807, 2.05) is 48.5 Å². The number of carbonyl (C=O) groups excluding carboxylic acids is 1. The van der Waals surface area contributed by atoms with Gasteiger partial charge < -0.3 is 10.1 Å². The summed E-state index contributed by atoms with van der Waals surface area (Å²) >= 11 is 3.40. The van der Waals surface area contributed by atoms with Gasteiger partial charge in [-0.05, 0) is 29.3 Å². The second-order valence-corrected chi connectivity index (χ2v) is 5.71. The molecular weight excluding hydrogens is 318 g/mol. The molecule has 0 bridgehead atoms. The Balaban J connectivity index is 1.59. The molecule has 1 atom stereocenters. The summed E-state index contributed by atoms with van der Waals surface area (Å²) in [6.45, 7) is 0.298. The molecule has 1 N–H and O–H groups in total. The summed E-state index contributed by atoms with van der Waals surface area (Å²) in [5, 5.41) is 3.20. The fourth-order valence-electron chi connectivity index (χ4n) is 2.32. The molecule has 0 unspecified atom stereocenters. The number of halogens is 1. The first-order chi connectivity index (χ1) is 9.72. The van der Waals surface area contributed by atoms with E-state index in [2.05, 4.69) is 21.2 Å². The van der Waals surface area contributed by atoms with Crippen LogP contribution in [0, 0.1) is 0 Å². The number of rotatable bonds is 3. The van der Waals surface area contributed by atoms with Crippen LogP contribution < -0.4 is 5.32 Å². The first-order valence-electron chi connectivity index (χ1n) is 6.48. The fourth-order valence-corrected chi connectivity index (χ4v) is 2.77. The minimum atomic E-state index is -0.278. The van der Waals surface area contributed by atoms with Gasteiger partial charge in [-0.1, -0.05) is 46.3 Å². The number of hydrogen-bond donors (Lipinski definition) is 1.